The van der Waals surface area contributed by atoms with Gasteiger partial charge in [-0.3, -0.25) is 4.90 Å². The van der Waals surface area contributed by atoms with Crippen LogP contribution in [-0.4, -0.2) is 69.4 Å². The molecule has 106 valence electrons. The van der Waals surface area contributed by atoms with Gasteiger partial charge in [0.05, 0.1) is 29.5 Å². The predicted molar refractivity (Wildman–Crippen MR) is 67.2 cm³/mol. The van der Waals surface area contributed by atoms with Gasteiger partial charge in [0.1, 0.15) is 0 Å². The van der Waals surface area contributed by atoms with E-state index in [1.165, 1.54) is 0 Å². The smallest absolute Gasteiger partial charge is 0.0938 e. The van der Waals surface area contributed by atoms with Crippen molar-refractivity contribution in [2.75, 3.05) is 19.6 Å². The summed E-state index contributed by atoms with van der Waals surface area (Å²) in [6.45, 7) is 9.31. The van der Waals surface area contributed by atoms with Crippen molar-refractivity contribution in [2.24, 2.45) is 5.92 Å². The Morgan fingerprint density at radius 3 is 1.89 bits per heavy atom. The van der Waals surface area contributed by atoms with Crippen molar-refractivity contribution in [1.82, 2.24) is 4.90 Å². The number of likely N-dealkylation sites (tertiary alicyclic amines) is 1. The van der Waals surface area contributed by atoms with Crippen molar-refractivity contribution in [3.8, 4) is 0 Å². The first-order valence-electron chi connectivity index (χ1n) is 6.60. The fraction of sp³-hybridized carbons (Fsp3) is 1.00. The van der Waals surface area contributed by atoms with E-state index in [4.69, 9.17) is 4.74 Å². The second kappa shape index (κ2) is 4.42. The van der Waals surface area contributed by atoms with Gasteiger partial charge in [-0.1, -0.05) is 0 Å². The second-order valence-electron chi connectivity index (χ2n) is 6.71. The highest BCUT2D eigenvalue weighted by Crippen LogP contribution is 2.42. The van der Waals surface area contributed by atoms with Gasteiger partial charge in [0.25, 0.3) is 0 Å². The van der Waals surface area contributed by atoms with E-state index in [1.807, 2.05) is 32.6 Å². The van der Waals surface area contributed by atoms with Crippen LogP contribution in [0.25, 0.3) is 0 Å². The first-order valence-corrected chi connectivity index (χ1v) is 6.60. The van der Waals surface area contributed by atoms with Crippen LogP contribution in [0.15, 0.2) is 0 Å². The number of aliphatic hydroxyl groups excluding tert-OH is 3. The Labute approximate surface area is 108 Å². The van der Waals surface area contributed by atoms with E-state index in [0.717, 1.165) is 0 Å². The van der Waals surface area contributed by atoms with Gasteiger partial charge in [-0.25, -0.2) is 0 Å². The van der Waals surface area contributed by atoms with Crippen LogP contribution in [0.3, 0.4) is 0 Å². The van der Waals surface area contributed by atoms with Gasteiger partial charge in [0, 0.05) is 25.6 Å². The van der Waals surface area contributed by atoms with Crippen molar-refractivity contribution in [2.45, 2.75) is 57.2 Å². The standard InChI is InChI=1S/C13H25NO4/c1-12(2)8(11(17)13(3,4)18-12)5-14-6-9(15)10(16)7-14/h8-11,15-17H,5-7H2,1-4H3. The molecule has 0 radical (unpaired) electrons. The molecule has 0 bridgehead atoms. The molecule has 3 N–H and O–H groups in total. The molecule has 2 saturated heterocycles. The third-order valence-corrected chi connectivity index (χ3v) is 4.30. The van der Waals surface area contributed by atoms with Crippen molar-refractivity contribution < 1.29 is 20.1 Å². The van der Waals surface area contributed by atoms with Crippen LogP contribution < -0.4 is 0 Å². The molecule has 2 aliphatic rings. The molecule has 0 amide bonds. The summed E-state index contributed by atoms with van der Waals surface area (Å²) in [5.41, 5.74) is -0.952. The molecule has 18 heavy (non-hydrogen) atoms. The van der Waals surface area contributed by atoms with E-state index in [-0.39, 0.29) is 5.92 Å². The molecule has 0 aliphatic carbocycles. The molecule has 0 aromatic rings. The number of hydrogen-bond acceptors (Lipinski definition) is 5. The molecule has 0 saturated carbocycles. The molecule has 2 rings (SSSR count). The van der Waals surface area contributed by atoms with Gasteiger partial charge in [-0.2, -0.15) is 0 Å². The van der Waals surface area contributed by atoms with E-state index < -0.39 is 29.5 Å². The lowest BCUT2D eigenvalue weighted by Crippen LogP contribution is -2.43. The van der Waals surface area contributed by atoms with Gasteiger partial charge in [-0.05, 0) is 27.7 Å². The average Bonchev–Trinajstić information content (AvgIpc) is 2.58. The maximum atomic E-state index is 10.4. The minimum absolute atomic E-state index is 0.0231. The first-order chi connectivity index (χ1) is 8.13. The summed E-state index contributed by atoms with van der Waals surface area (Å²) < 4.78 is 5.92. The van der Waals surface area contributed by atoms with E-state index in [2.05, 4.69) is 0 Å². The topological polar surface area (TPSA) is 73.2 Å². The van der Waals surface area contributed by atoms with Crippen LogP contribution in [0.1, 0.15) is 27.7 Å². The normalized spacial score (nSPS) is 43.5. The van der Waals surface area contributed by atoms with E-state index >= 15 is 0 Å². The third-order valence-electron chi connectivity index (χ3n) is 4.30. The van der Waals surface area contributed by atoms with Crippen LogP contribution in [-0.2, 0) is 4.74 Å². The maximum absolute atomic E-state index is 10.4. The zero-order valence-corrected chi connectivity index (χ0v) is 11.6. The van der Waals surface area contributed by atoms with Gasteiger partial charge in [-0.15, -0.1) is 0 Å². The Kier molecular flexibility index (Phi) is 3.49. The minimum atomic E-state index is -0.680. The number of aliphatic hydroxyl groups is 3. The lowest BCUT2D eigenvalue weighted by Gasteiger charge is -2.30. The molecule has 2 aliphatic heterocycles. The summed E-state index contributed by atoms with van der Waals surface area (Å²) in [5, 5.41) is 29.5. The van der Waals surface area contributed by atoms with Crippen LogP contribution in [0.2, 0.25) is 0 Å². The Hall–Kier alpha value is -0.200. The summed E-state index contributed by atoms with van der Waals surface area (Å²) >= 11 is 0. The number of nitrogens with zero attached hydrogens (tertiary/aromatic N) is 1. The van der Waals surface area contributed by atoms with Crippen LogP contribution in [0, 0.1) is 5.92 Å². The Morgan fingerprint density at radius 2 is 1.50 bits per heavy atom. The molecule has 2 heterocycles. The van der Waals surface area contributed by atoms with Gasteiger partial charge in [0.15, 0.2) is 0 Å². The summed E-state index contributed by atoms with van der Waals surface area (Å²) in [7, 11) is 0. The number of rotatable bonds is 2. The molecular weight excluding hydrogens is 234 g/mol. The van der Waals surface area contributed by atoms with E-state index in [0.29, 0.717) is 19.6 Å². The lowest BCUT2D eigenvalue weighted by molar-refractivity contribution is -0.0913. The fourth-order valence-corrected chi connectivity index (χ4v) is 3.27. The first kappa shape index (κ1) is 14.2. The summed E-state index contributed by atoms with van der Waals surface area (Å²) in [4.78, 5) is 2.00. The number of β-amino-alcohol motifs (C(OH)–C–C–N with tert-alkyl or cyclic N) is 2. The molecule has 4 unspecified atom stereocenters. The maximum Gasteiger partial charge on any atom is 0.0938 e. The van der Waals surface area contributed by atoms with Crippen molar-refractivity contribution in [3.63, 3.8) is 0 Å². The number of ether oxygens (including phenoxy) is 1. The minimum Gasteiger partial charge on any atom is -0.390 e. The van der Waals surface area contributed by atoms with E-state index in [1.54, 1.807) is 0 Å². The predicted octanol–water partition coefficient (Wildman–Crippen LogP) is -0.412. The van der Waals surface area contributed by atoms with E-state index in [9.17, 15) is 15.3 Å². The molecular formula is C13H25NO4. The average molecular weight is 259 g/mol. The Balaban J connectivity index is 2.05. The SMILES string of the molecule is CC1(C)OC(C)(C)C(CN2CC(O)C(O)C2)C1O. The van der Waals surface area contributed by atoms with Crippen LogP contribution in [0.4, 0.5) is 0 Å². The zero-order chi connectivity index (χ0) is 13.7. The highest BCUT2D eigenvalue weighted by atomic mass is 16.5. The highest BCUT2D eigenvalue weighted by Gasteiger charge is 2.53. The summed E-state index contributed by atoms with van der Waals surface area (Å²) in [5.74, 6) is -0.0231. The van der Waals surface area contributed by atoms with Crippen molar-refractivity contribution in [1.29, 1.82) is 0 Å². The van der Waals surface area contributed by atoms with Crippen LogP contribution in [0.5, 0.6) is 0 Å². The quantitative estimate of drug-likeness (QED) is 0.629. The molecule has 0 aromatic carbocycles. The van der Waals surface area contributed by atoms with Gasteiger partial charge < -0.3 is 20.1 Å². The Bertz CT molecular complexity index is 308. The molecule has 4 atom stereocenters. The highest BCUT2D eigenvalue weighted by molar-refractivity contribution is 5.03. The monoisotopic (exact) mass is 259 g/mol. The van der Waals surface area contributed by atoms with Crippen LogP contribution >= 0.6 is 0 Å². The molecule has 0 aromatic heterocycles. The Morgan fingerprint density at radius 1 is 1.00 bits per heavy atom. The third kappa shape index (κ3) is 2.42. The zero-order valence-electron chi connectivity index (χ0n) is 11.6. The van der Waals surface area contributed by atoms with Crippen molar-refractivity contribution >= 4 is 0 Å². The largest absolute Gasteiger partial charge is 0.390 e. The summed E-state index contributed by atoms with van der Waals surface area (Å²) in [6.07, 6.45) is -1.90. The molecule has 2 fully saturated rings. The lowest BCUT2D eigenvalue weighted by atomic mass is 9.84. The molecule has 0 spiro atoms. The number of hydrogen-bond donors (Lipinski definition) is 3. The van der Waals surface area contributed by atoms with Gasteiger partial charge in [0.2, 0.25) is 0 Å². The van der Waals surface area contributed by atoms with Crippen molar-refractivity contribution in [3.05, 3.63) is 0 Å². The summed E-state index contributed by atoms with van der Waals surface area (Å²) in [6, 6.07) is 0. The molecule has 5 nitrogen and oxygen atoms in total. The second-order valence-corrected chi connectivity index (χ2v) is 6.71. The fourth-order valence-electron chi connectivity index (χ4n) is 3.27. The molecule has 5 heteroatoms. The van der Waals surface area contributed by atoms with Gasteiger partial charge >= 0.3 is 0 Å².